The summed E-state index contributed by atoms with van der Waals surface area (Å²) in [6.45, 7) is 7.73. The van der Waals surface area contributed by atoms with E-state index >= 15 is 0 Å². The average molecular weight is 210 g/mol. The monoisotopic (exact) mass is 210 g/mol. The maximum atomic E-state index is 10.8. The van der Waals surface area contributed by atoms with E-state index in [0.29, 0.717) is 4.90 Å². The van der Waals surface area contributed by atoms with Gasteiger partial charge in [0, 0.05) is 5.41 Å². The molecule has 2 nitrogen and oxygen atoms in total. The zero-order chi connectivity index (χ0) is 10.8. The van der Waals surface area contributed by atoms with Crippen molar-refractivity contribution in [3.63, 3.8) is 0 Å². The minimum absolute atomic E-state index is 0.193. The Morgan fingerprint density at radius 3 is 2.50 bits per heavy atom. The third-order valence-electron chi connectivity index (χ3n) is 2.31. The molecular weight excluding hydrogens is 196 g/mol. The Morgan fingerprint density at radius 1 is 1.36 bits per heavy atom. The first kappa shape index (κ1) is 11.0. The SMILES string of the molecule is C=CC(C)(C)c1cccc([SH](=O)=O)c1. The molecule has 0 radical (unpaired) electrons. The van der Waals surface area contributed by atoms with Gasteiger partial charge in [-0.25, -0.2) is 8.42 Å². The van der Waals surface area contributed by atoms with Crippen LogP contribution in [0.3, 0.4) is 0 Å². The van der Waals surface area contributed by atoms with Gasteiger partial charge in [-0.15, -0.1) is 6.58 Å². The molecule has 1 aromatic rings. The molecule has 0 bridgehead atoms. The lowest BCUT2D eigenvalue weighted by Gasteiger charge is -2.20. The van der Waals surface area contributed by atoms with Crippen molar-refractivity contribution in [3.8, 4) is 0 Å². The molecule has 0 aromatic heterocycles. The maximum Gasteiger partial charge on any atom is 0.168 e. The summed E-state index contributed by atoms with van der Waals surface area (Å²) in [5.41, 5.74) is 0.769. The molecule has 0 aliphatic heterocycles. The summed E-state index contributed by atoms with van der Waals surface area (Å²) in [7, 11) is -2.50. The van der Waals surface area contributed by atoms with Crippen LogP contribution in [0.1, 0.15) is 19.4 Å². The molecule has 3 heteroatoms. The lowest BCUT2D eigenvalue weighted by Crippen LogP contribution is -2.12. The molecular formula is C11H14O2S. The Balaban J connectivity index is 3.24. The second kappa shape index (κ2) is 3.96. The van der Waals surface area contributed by atoms with Gasteiger partial charge in [-0.1, -0.05) is 32.1 Å². The van der Waals surface area contributed by atoms with Crippen LogP contribution in [0.4, 0.5) is 0 Å². The van der Waals surface area contributed by atoms with E-state index in [4.69, 9.17) is 0 Å². The molecule has 76 valence electrons. The minimum atomic E-state index is -2.50. The highest BCUT2D eigenvalue weighted by Crippen LogP contribution is 2.24. The molecule has 0 atom stereocenters. The van der Waals surface area contributed by atoms with Gasteiger partial charge in [0.25, 0.3) is 0 Å². The van der Waals surface area contributed by atoms with Gasteiger partial charge < -0.3 is 0 Å². The van der Waals surface area contributed by atoms with Gasteiger partial charge in [-0.05, 0) is 17.7 Å². The summed E-state index contributed by atoms with van der Waals surface area (Å²) in [5, 5.41) is 0. The fraction of sp³-hybridized carbons (Fsp3) is 0.273. The van der Waals surface area contributed by atoms with E-state index in [1.54, 1.807) is 18.2 Å². The van der Waals surface area contributed by atoms with E-state index in [1.807, 2.05) is 26.0 Å². The predicted molar refractivity (Wildman–Crippen MR) is 58.2 cm³/mol. The van der Waals surface area contributed by atoms with E-state index in [1.165, 1.54) is 0 Å². The van der Waals surface area contributed by atoms with Gasteiger partial charge in [0.15, 0.2) is 10.7 Å². The smallest absolute Gasteiger partial charge is 0.168 e. The summed E-state index contributed by atoms with van der Waals surface area (Å²) < 4.78 is 21.6. The van der Waals surface area contributed by atoms with Crippen molar-refractivity contribution < 1.29 is 8.42 Å². The molecule has 1 rings (SSSR count). The number of thiol groups is 1. The van der Waals surface area contributed by atoms with Crippen LogP contribution in [0.5, 0.6) is 0 Å². The first-order valence-electron chi connectivity index (χ1n) is 4.36. The Labute approximate surface area is 86.2 Å². The molecule has 0 spiro atoms. The molecule has 0 saturated carbocycles. The molecule has 0 aliphatic rings. The zero-order valence-corrected chi connectivity index (χ0v) is 9.25. The summed E-state index contributed by atoms with van der Waals surface area (Å²) in [6, 6.07) is 6.94. The summed E-state index contributed by atoms with van der Waals surface area (Å²) in [4.78, 5) is 0.354. The molecule has 0 aliphatic carbocycles. The maximum absolute atomic E-state index is 10.8. The average Bonchev–Trinajstić information content (AvgIpc) is 2.18. The van der Waals surface area contributed by atoms with Crippen LogP contribution in [0.2, 0.25) is 0 Å². The molecule has 1 aromatic carbocycles. The first-order valence-corrected chi connectivity index (χ1v) is 5.53. The second-order valence-corrected chi connectivity index (χ2v) is 4.76. The zero-order valence-electron chi connectivity index (χ0n) is 8.36. The molecule has 14 heavy (non-hydrogen) atoms. The number of hydrogen-bond acceptors (Lipinski definition) is 2. The number of hydrogen-bond donors (Lipinski definition) is 1. The Kier molecular flexibility index (Phi) is 3.11. The predicted octanol–water partition coefficient (Wildman–Crippen LogP) is 2.12. The first-order chi connectivity index (χ1) is 6.47. The van der Waals surface area contributed by atoms with Crippen LogP contribution in [0, 0.1) is 0 Å². The quantitative estimate of drug-likeness (QED) is 0.612. The van der Waals surface area contributed by atoms with E-state index in [9.17, 15) is 8.42 Å². The Bertz CT molecular complexity index is 409. The van der Waals surface area contributed by atoms with Gasteiger partial charge in [-0.2, -0.15) is 0 Å². The van der Waals surface area contributed by atoms with Gasteiger partial charge in [0.05, 0.1) is 4.90 Å². The van der Waals surface area contributed by atoms with E-state index in [2.05, 4.69) is 6.58 Å². The van der Waals surface area contributed by atoms with Gasteiger partial charge in [0.1, 0.15) is 0 Å². The lowest BCUT2D eigenvalue weighted by atomic mass is 9.85. The fourth-order valence-electron chi connectivity index (χ4n) is 1.14. The molecule has 0 fully saturated rings. The number of benzene rings is 1. The van der Waals surface area contributed by atoms with Crippen LogP contribution in [0.15, 0.2) is 41.8 Å². The Hall–Kier alpha value is -1.09. The van der Waals surface area contributed by atoms with Crippen LogP contribution in [-0.2, 0) is 16.1 Å². The highest BCUT2D eigenvalue weighted by Gasteiger charge is 2.16. The fourth-order valence-corrected chi connectivity index (χ4v) is 1.59. The minimum Gasteiger partial charge on any atom is -0.227 e. The van der Waals surface area contributed by atoms with Crippen molar-refractivity contribution in [1.29, 1.82) is 0 Å². The van der Waals surface area contributed by atoms with Crippen LogP contribution in [0.25, 0.3) is 0 Å². The van der Waals surface area contributed by atoms with Crippen LogP contribution >= 0.6 is 0 Å². The van der Waals surface area contributed by atoms with Crippen LogP contribution < -0.4 is 0 Å². The number of rotatable bonds is 3. The largest absolute Gasteiger partial charge is 0.227 e. The summed E-state index contributed by atoms with van der Waals surface area (Å²) >= 11 is 0. The van der Waals surface area contributed by atoms with E-state index in [-0.39, 0.29) is 5.41 Å². The van der Waals surface area contributed by atoms with Crippen molar-refractivity contribution in [2.45, 2.75) is 24.2 Å². The van der Waals surface area contributed by atoms with E-state index < -0.39 is 10.7 Å². The highest BCUT2D eigenvalue weighted by molar-refractivity contribution is 7.72. The van der Waals surface area contributed by atoms with Crippen molar-refractivity contribution in [3.05, 3.63) is 42.5 Å². The molecule has 0 unspecified atom stereocenters. The number of allylic oxidation sites excluding steroid dienone is 1. The highest BCUT2D eigenvalue weighted by atomic mass is 32.2. The standard InChI is InChI=1S/C11H14O2S/c1-4-11(2,3)9-6-5-7-10(8-9)14(12)13/h4-8,14H,1H2,2-3H3. The van der Waals surface area contributed by atoms with E-state index in [0.717, 1.165) is 5.56 Å². The normalized spacial score (nSPS) is 11.6. The summed E-state index contributed by atoms with van der Waals surface area (Å²) in [6.07, 6.45) is 1.81. The lowest BCUT2D eigenvalue weighted by molar-refractivity contribution is 0.613. The second-order valence-electron chi connectivity index (χ2n) is 3.73. The molecule has 0 heterocycles. The molecule has 0 N–H and O–H groups in total. The van der Waals surface area contributed by atoms with Crippen molar-refractivity contribution in [1.82, 2.24) is 0 Å². The van der Waals surface area contributed by atoms with Gasteiger partial charge in [-0.3, -0.25) is 0 Å². The van der Waals surface area contributed by atoms with Gasteiger partial charge in [0.2, 0.25) is 0 Å². The molecule has 0 amide bonds. The molecule has 0 saturated heterocycles. The van der Waals surface area contributed by atoms with Crippen LogP contribution in [-0.4, -0.2) is 8.42 Å². The van der Waals surface area contributed by atoms with Gasteiger partial charge >= 0.3 is 0 Å². The third-order valence-corrected chi connectivity index (χ3v) is 3.01. The Morgan fingerprint density at radius 2 is 2.00 bits per heavy atom. The summed E-state index contributed by atoms with van der Waals surface area (Å²) in [5.74, 6) is 0. The topological polar surface area (TPSA) is 34.1 Å². The third kappa shape index (κ3) is 2.23. The van der Waals surface area contributed by atoms with Crippen molar-refractivity contribution >= 4 is 10.7 Å². The van der Waals surface area contributed by atoms with Crippen molar-refractivity contribution in [2.24, 2.45) is 0 Å². The van der Waals surface area contributed by atoms with Crippen molar-refractivity contribution in [2.75, 3.05) is 0 Å².